The maximum absolute atomic E-state index is 13.4. The SMILES string of the molecule is CCC(C)NC(=O)CSc1nc2ccccc2c(=O)n1CC1CCC(C(=O)NCCc2ccccc2)CC1. The molecule has 1 unspecified atom stereocenters. The molecule has 2 amide bonds. The molecule has 2 N–H and O–H groups in total. The Morgan fingerprint density at radius 2 is 1.76 bits per heavy atom. The lowest BCUT2D eigenvalue weighted by atomic mass is 9.81. The van der Waals surface area contributed by atoms with Crippen molar-refractivity contribution in [3.63, 3.8) is 0 Å². The van der Waals surface area contributed by atoms with Gasteiger partial charge < -0.3 is 10.6 Å². The fourth-order valence-electron chi connectivity index (χ4n) is 4.95. The topological polar surface area (TPSA) is 93.1 Å². The Hall–Kier alpha value is -3.13. The van der Waals surface area contributed by atoms with Crippen molar-refractivity contribution in [1.29, 1.82) is 0 Å². The lowest BCUT2D eigenvalue weighted by Gasteiger charge is -2.28. The van der Waals surface area contributed by atoms with Crippen molar-refractivity contribution in [3.8, 4) is 0 Å². The summed E-state index contributed by atoms with van der Waals surface area (Å²) in [4.78, 5) is 43.3. The third-order valence-corrected chi connectivity index (χ3v) is 8.37. The van der Waals surface area contributed by atoms with Gasteiger partial charge in [0.15, 0.2) is 5.16 Å². The number of hydrogen-bond acceptors (Lipinski definition) is 5. The number of nitrogens with zero attached hydrogens (tertiary/aromatic N) is 2. The summed E-state index contributed by atoms with van der Waals surface area (Å²) in [6.45, 7) is 5.21. The summed E-state index contributed by atoms with van der Waals surface area (Å²) >= 11 is 1.31. The van der Waals surface area contributed by atoms with Gasteiger partial charge in [-0.1, -0.05) is 61.2 Å². The zero-order chi connectivity index (χ0) is 26.9. The van der Waals surface area contributed by atoms with Gasteiger partial charge in [-0.25, -0.2) is 4.98 Å². The molecule has 2 aromatic carbocycles. The maximum Gasteiger partial charge on any atom is 0.262 e. The molecule has 0 spiro atoms. The van der Waals surface area contributed by atoms with Crippen molar-refractivity contribution in [1.82, 2.24) is 20.2 Å². The van der Waals surface area contributed by atoms with Crippen molar-refractivity contribution in [3.05, 3.63) is 70.5 Å². The molecule has 0 bridgehead atoms. The van der Waals surface area contributed by atoms with E-state index in [0.717, 1.165) is 38.5 Å². The first-order valence-electron chi connectivity index (χ1n) is 13.7. The standard InChI is InChI=1S/C30H38N4O3S/c1-3-21(2)32-27(35)20-38-30-33-26-12-8-7-11-25(26)29(37)34(30)19-23-13-15-24(16-14-23)28(36)31-18-17-22-9-5-4-6-10-22/h4-12,21,23-24H,3,13-20H2,1-2H3,(H,31,36)(H,32,35). The minimum atomic E-state index is -0.0683. The molecule has 1 aromatic heterocycles. The van der Waals surface area contributed by atoms with Crippen LogP contribution in [-0.4, -0.2) is 39.7 Å². The molecule has 1 saturated carbocycles. The average Bonchev–Trinajstić information content (AvgIpc) is 2.94. The van der Waals surface area contributed by atoms with E-state index in [2.05, 4.69) is 22.8 Å². The van der Waals surface area contributed by atoms with Crippen LogP contribution in [0.15, 0.2) is 64.5 Å². The van der Waals surface area contributed by atoms with Gasteiger partial charge in [0, 0.05) is 25.0 Å². The van der Waals surface area contributed by atoms with Crippen LogP contribution in [0.25, 0.3) is 10.9 Å². The summed E-state index contributed by atoms with van der Waals surface area (Å²) in [5.74, 6) is 0.596. The van der Waals surface area contributed by atoms with Gasteiger partial charge in [0.1, 0.15) is 0 Å². The molecule has 1 aliphatic carbocycles. The molecular weight excluding hydrogens is 496 g/mol. The van der Waals surface area contributed by atoms with Crippen molar-refractivity contribution in [2.45, 2.75) is 70.1 Å². The Bertz CT molecular complexity index is 1290. The van der Waals surface area contributed by atoms with Crippen LogP contribution >= 0.6 is 11.8 Å². The van der Waals surface area contributed by atoms with Crippen molar-refractivity contribution >= 4 is 34.5 Å². The summed E-state index contributed by atoms with van der Waals surface area (Å²) in [5, 5.41) is 7.25. The van der Waals surface area contributed by atoms with Crippen molar-refractivity contribution in [2.75, 3.05) is 12.3 Å². The van der Waals surface area contributed by atoms with Crippen LogP contribution in [-0.2, 0) is 22.6 Å². The lowest BCUT2D eigenvalue weighted by molar-refractivity contribution is -0.126. The third-order valence-electron chi connectivity index (χ3n) is 7.39. The number of carbonyl (C=O) groups is 2. The van der Waals surface area contributed by atoms with Crippen LogP contribution in [0.4, 0.5) is 0 Å². The van der Waals surface area contributed by atoms with Gasteiger partial charge in [-0.05, 0) is 69.1 Å². The molecule has 7 nitrogen and oxygen atoms in total. The molecule has 0 saturated heterocycles. The van der Waals surface area contributed by atoms with E-state index in [1.807, 2.05) is 56.3 Å². The number of thioether (sulfide) groups is 1. The fraction of sp³-hybridized carbons (Fsp3) is 0.467. The highest BCUT2D eigenvalue weighted by atomic mass is 32.2. The Labute approximate surface area is 228 Å². The molecule has 202 valence electrons. The summed E-state index contributed by atoms with van der Waals surface area (Å²) in [7, 11) is 0. The van der Waals surface area contributed by atoms with E-state index >= 15 is 0 Å². The highest BCUT2D eigenvalue weighted by Crippen LogP contribution is 2.31. The average molecular weight is 535 g/mol. The van der Waals surface area contributed by atoms with Gasteiger partial charge in [0.2, 0.25) is 11.8 Å². The predicted molar refractivity (Wildman–Crippen MR) is 153 cm³/mol. The first-order chi connectivity index (χ1) is 18.4. The Balaban J connectivity index is 1.37. The second-order valence-electron chi connectivity index (χ2n) is 10.2. The van der Waals surface area contributed by atoms with E-state index in [1.165, 1.54) is 17.3 Å². The number of amides is 2. The van der Waals surface area contributed by atoms with Gasteiger partial charge in [-0.3, -0.25) is 19.0 Å². The summed E-state index contributed by atoms with van der Waals surface area (Å²) in [5.41, 5.74) is 1.80. The summed E-state index contributed by atoms with van der Waals surface area (Å²) < 4.78 is 1.74. The Kier molecular flexibility index (Phi) is 9.98. The van der Waals surface area contributed by atoms with Gasteiger partial charge in [0.05, 0.1) is 16.7 Å². The molecular formula is C30H38N4O3S. The number of aromatic nitrogens is 2. The molecule has 1 fully saturated rings. The molecule has 3 aromatic rings. The predicted octanol–water partition coefficient (Wildman–Crippen LogP) is 4.57. The minimum absolute atomic E-state index is 0.0200. The van der Waals surface area contributed by atoms with Gasteiger partial charge >= 0.3 is 0 Å². The van der Waals surface area contributed by atoms with Crippen LogP contribution < -0.4 is 16.2 Å². The van der Waals surface area contributed by atoms with E-state index in [-0.39, 0.29) is 41.0 Å². The number of rotatable bonds is 11. The van der Waals surface area contributed by atoms with Crippen molar-refractivity contribution < 1.29 is 9.59 Å². The van der Waals surface area contributed by atoms with Crippen LogP contribution in [0.3, 0.4) is 0 Å². The number of nitrogens with one attached hydrogen (secondary N) is 2. The number of carbonyl (C=O) groups excluding carboxylic acids is 2. The van der Waals surface area contributed by atoms with Crippen LogP contribution in [0.2, 0.25) is 0 Å². The monoisotopic (exact) mass is 534 g/mol. The van der Waals surface area contributed by atoms with Crippen LogP contribution in [0.5, 0.6) is 0 Å². The first-order valence-corrected chi connectivity index (χ1v) is 14.7. The number of para-hydroxylation sites is 1. The quantitative estimate of drug-likeness (QED) is 0.278. The molecule has 8 heteroatoms. The smallest absolute Gasteiger partial charge is 0.262 e. The highest BCUT2D eigenvalue weighted by molar-refractivity contribution is 7.99. The third kappa shape index (κ3) is 7.47. The van der Waals surface area contributed by atoms with Gasteiger partial charge in [-0.15, -0.1) is 0 Å². The molecule has 0 aliphatic heterocycles. The number of benzene rings is 2. The molecule has 1 aliphatic rings. The summed E-state index contributed by atoms with van der Waals surface area (Å²) in [6, 6.07) is 17.7. The lowest BCUT2D eigenvalue weighted by Crippen LogP contribution is -2.36. The molecule has 1 atom stereocenters. The van der Waals surface area contributed by atoms with E-state index in [9.17, 15) is 14.4 Å². The Morgan fingerprint density at radius 1 is 1.05 bits per heavy atom. The minimum Gasteiger partial charge on any atom is -0.356 e. The van der Waals surface area contributed by atoms with Crippen LogP contribution in [0.1, 0.15) is 51.5 Å². The van der Waals surface area contributed by atoms with E-state index < -0.39 is 0 Å². The maximum atomic E-state index is 13.4. The molecule has 4 rings (SSSR count). The second-order valence-corrected chi connectivity index (χ2v) is 11.2. The van der Waals surface area contributed by atoms with E-state index in [0.29, 0.717) is 29.1 Å². The summed E-state index contributed by atoms with van der Waals surface area (Å²) in [6.07, 6.45) is 5.09. The first kappa shape index (κ1) is 27.9. The van der Waals surface area contributed by atoms with Gasteiger partial charge in [-0.2, -0.15) is 0 Å². The van der Waals surface area contributed by atoms with Crippen molar-refractivity contribution in [2.24, 2.45) is 11.8 Å². The number of fused-ring (bicyclic) bond motifs is 1. The largest absolute Gasteiger partial charge is 0.356 e. The molecule has 1 heterocycles. The zero-order valence-corrected chi connectivity index (χ0v) is 23.1. The van der Waals surface area contributed by atoms with Crippen LogP contribution in [0, 0.1) is 11.8 Å². The highest BCUT2D eigenvalue weighted by Gasteiger charge is 2.27. The second kappa shape index (κ2) is 13.6. The normalized spacial score (nSPS) is 18.2. The fourth-order valence-corrected chi connectivity index (χ4v) is 5.77. The number of hydrogen-bond donors (Lipinski definition) is 2. The molecule has 38 heavy (non-hydrogen) atoms. The zero-order valence-electron chi connectivity index (χ0n) is 22.3. The van der Waals surface area contributed by atoms with Gasteiger partial charge in [0.25, 0.3) is 5.56 Å². The Morgan fingerprint density at radius 3 is 2.50 bits per heavy atom. The molecule has 0 radical (unpaired) electrons. The van der Waals surface area contributed by atoms with E-state index in [4.69, 9.17) is 4.98 Å². The van der Waals surface area contributed by atoms with E-state index in [1.54, 1.807) is 4.57 Å².